The van der Waals surface area contributed by atoms with Crippen LogP contribution in [0.1, 0.15) is 19.3 Å². The molecule has 0 aromatic heterocycles. The molecule has 1 aliphatic carbocycles. The fourth-order valence-electron chi connectivity index (χ4n) is 1.71. The van der Waals surface area contributed by atoms with E-state index in [1.54, 1.807) is 0 Å². The van der Waals surface area contributed by atoms with Crippen LogP contribution in [0.5, 0.6) is 0 Å². The first kappa shape index (κ1) is 16.2. The Labute approximate surface area is 118 Å². The quantitative estimate of drug-likeness (QED) is 0.386. The molecule has 0 saturated carbocycles. The molecule has 20 heavy (non-hydrogen) atoms. The zero-order chi connectivity index (χ0) is 14.8. The second-order valence-electron chi connectivity index (χ2n) is 4.33. The Morgan fingerprint density at radius 1 is 1.25 bits per heavy atom. The highest BCUT2D eigenvalue weighted by Gasteiger charge is 2.18. The number of hydrogen-bond donors (Lipinski definition) is 0. The van der Waals surface area contributed by atoms with Gasteiger partial charge in [-0.05, 0) is 19.3 Å². The summed E-state index contributed by atoms with van der Waals surface area (Å²) < 4.78 is 15.6. The Balaban J connectivity index is 2.43. The molecule has 0 amide bonds. The Kier molecular flexibility index (Phi) is 7.35. The average molecular weight is 280 g/mol. The average Bonchev–Trinajstić information content (AvgIpc) is 2.50. The van der Waals surface area contributed by atoms with Gasteiger partial charge in [-0.3, -0.25) is 0 Å². The largest absolute Gasteiger partial charge is 0.458 e. The van der Waals surface area contributed by atoms with Gasteiger partial charge in [-0.2, -0.15) is 0 Å². The summed E-state index contributed by atoms with van der Waals surface area (Å²) in [6.45, 7) is 6.72. The van der Waals surface area contributed by atoms with Crippen molar-refractivity contribution in [1.82, 2.24) is 0 Å². The normalized spacial score (nSPS) is 18.9. The summed E-state index contributed by atoms with van der Waals surface area (Å²) in [5.74, 6) is -1.14. The van der Waals surface area contributed by atoms with Crippen molar-refractivity contribution < 1.29 is 23.8 Å². The third-order valence-electron chi connectivity index (χ3n) is 2.73. The van der Waals surface area contributed by atoms with Crippen LogP contribution in [-0.4, -0.2) is 37.4 Å². The van der Waals surface area contributed by atoms with Crippen LogP contribution in [0.15, 0.2) is 37.5 Å². The molecule has 1 rings (SSSR count). The first-order valence-electron chi connectivity index (χ1n) is 6.56. The number of hydrogen-bond acceptors (Lipinski definition) is 5. The van der Waals surface area contributed by atoms with Gasteiger partial charge in [0.15, 0.2) is 6.10 Å². The summed E-state index contributed by atoms with van der Waals surface area (Å²) in [6, 6.07) is 0. The van der Waals surface area contributed by atoms with Crippen molar-refractivity contribution in [2.75, 3.05) is 13.2 Å². The Hall–Kier alpha value is -1.88. The summed E-state index contributed by atoms with van der Waals surface area (Å²) in [6.07, 6.45) is 8.60. The molecule has 0 radical (unpaired) electrons. The molecule has 0 aromatic carbocycles. The summed E-state index contributed by atoms with van der Waals surface area (Å²) in [5, 5.41) is 0. The van der Waals surface area contributed by atoms with Crippen LogP contribution in [0.25, 0.3) is 0 Å². The zero-order valence-electron chi connectivity index (χ0n) is 11.5. The predicted octanol–water partition coefficient (Wildman–Crippen LogP) is 1.94. The SMILES string of the molecule is C=CC(=O)OCC(COC1C=CCCC1)OC(=O)C=C. The molecule has 110 valence electrons. The maximum atomic E-state index is 11.2. The highest BCUT2D eigenvalue weighted by molar-refractivity contribution is 5.82. The Morgan fingerprint density at radius 3 is 2.60 bits per heavy atom. The predicted molar refractivity (Wildman–Crippen MR) is 74.0 cm³/mol. The van der Waals surface area contributed by atoms with Crippen LogP contribution in [0.2, 0.25) is 0 Å². The van der Waals surface area contributed by atoms with E-state index in [0.29, 0.717) is 0 Å². The lowest BCUT2D eigenvalue weighted by Gasteiger charge is -2.21. The van der Waals surface area contributed by atoms with Crippen molar-refractivity contribution in [3.8, 4) is 0 Å². The van der Waals surface area contributed by atoms with Gasteiger partial charge in [0.2, 0.25) is 0 Å². The highest BCUT2D eigenvalue weighted by atomic mass is 16.6. The highest BCUT2D eigenvalue weighted by Crippen LogP contribution is 2.14. The molecule has 5 heteroatoms. The minimum absolute atomic E-state index is 0.0174. The van der Waals surface area contributed by atoms with Crippen LogP contribution < -0.4 is 0 Å². The summed E-state index contributed by atoms with van der Waals surface area (Å²) >= 11 is 0. The van der Waals surface area contributed by atoms with Gasteiger partial charge in [0.25, 0.3) is 0 Å². The third kappa shape index (κ3) is 6.33. The monoisotopic (exact) mass is 280 g/mol. The smallest absolute Gasteiger partial charge is 0.330 e. The van der Waals surface area contributed by atoms with Crippen molar-refractivity contribution in [1.29, 1.82) is 0 Å². The van der Waals surface area contributed by atoms with E-state index in [9.17, 15) is 9.59 Å². The number of carbonyl (C=O) groups excluding carboxylic acids is 2. The topological polar surface area (TPSA) is 61.8 Å². The zero-order valence-corrected chi connectivity index (χ0v) is 11.5. The van der Waals surface area contributed by atoms with Crippen LogP contribution in [0.3, 0.4) is 0 Å². The number of allylic oxidation sites excluding steroid dienone is 1. The van der Waals surface area contributed by atoms with E-state index >= 15 is 0 Å². The van der Waals surface area contributed by atoms with E-state index in [4.69, 9.17) is 14.2 Å². The molecule has 0 N–H and O–H groups in total. The first-order valence-corrected chi connectivity index (χ1v) is 6.56. The second kappa shape index (κ2) is 9.09. The van der Waals surface area contributed by atoms with Crippen LogP contribution >= 0.6 is 0 Å². The van der Waals surface area contributed by atoms with E-state index in [1.807, 2.05) is 6.08 Å². The van der Waals surface area contributed by atoms with Crippen molar-refractivity contribution in [2.45, 2.75) is 31.5 Å². The maximum Gasteiger partial charge on any atom is 0.330 e. The molecule has 0 fully saturated rings. The molecular formula is C15H20O5. The van der Waals surface area contributed by atoms with Gasteiger partial charge in [0, 0.05) is 12.2 Å². The minimum atomic E-state index is -0.653. The lowest BCUT2D eigenvalue weighted by atomic mass is 10.1. The molecule has 2 unspecified atom stereocenters. The van der Waals surface area contributed by atoms with Crippen molar-refractivity contribution in [3.63, 3.8) is 0 Å². The molecule has 2 atom stereocenters. The van der Waals surface area contributed by atoms with Crippen LogP contribution in [-0.2, 0) is 23.8 Å². The van der Waals surface area contributed by atoms with Gasteiger partial charge in [-0.1, -0.05) is 25.3 Å². The number of ether oxygens (including phenoxy) is 3. The summed E-state index contributed by atoms with van der Waals surface area (Å²) in [7, 11) is 0. The molecule has 0 heterocycles. The van der Waals surface area contributed by atoms with E-state index < -0.39 is 18.0 Å². The van der Waals surface area contributed by atoms with Gasteiger partial charge < -0.3 is 14.2 Å². The molecule has 0 spiro atoms. The van der Waals surface area contributed by atoms with Crippen LogP contribution in [0, 0.1) is 0 Å². The van der Waals surface area contributed by atoms with Gasteiger partial charge in [0.05, 0.1) is 12.7 Å². The van der Waals surface area contributed by atoms with E-state index in [2.05, 4.69) is 19.2 Å². The van der Waals surface area contributed by atoms with E-state index in [-0.39, 0.29) is 19.3 Å². The fraction of sp³-hybridized carbons (Fsp3) is 0.467. The molecule has 0 aliphatic heterocycles. The minimum Gasteiger partial charge on any atom is -0.458 e. The fourth-order valence-corrected chi connectivity index (χ4v) is 1.71. The molecule has 0 bridgehead atoms. The molecule has 0 saturated heterocycles. The number of rotatable bonds is 8. The lowest BCUT2D eigenvalue weighted by molar-refractivity contribution is -0.157. The second-order valence-corrected chi connectivity index (χ2v) is 4.33. The number of esters is 2. The molecule has 0 aromatic rings. The van der Waals surface area contributed by atoms with Crippen molar-refractivity contribution >= 4 is 11.9 Å². The third-order valence-corrected chi connectivity index (χ3v) is 2.73. The number of carbonyl (C=O) groups is 2. The maximum absolute atomic E-state index is 11.2. The van der Waals surface area contributed by atoms with Gasteiger partial charge in [-0.25, -0.2) is 9.59 Å². The molecule has 1 aliphatic rings. The van der Waals surface area contributed by atoms with Crippen molar-refractivity contribution in [3.05, 3.63) is 37.5 Å². The van der Waals surface area contributed by atoms with E-state index in [0.717, 1.165) is 31.4 Å². The summed E-state index contributed by atoms with van der Waals surface area (Å²) in [4.78, 5) is 22.2. The molecular weight excluding hydrogens is 260 g/mol. The Bertz CT molecular complexity index is 386. The van der Waals surface area contributed by atoms with Gasteiger partial charge in [-0.15, -0.1) is 0 Å². The first-order chi connectivity index (χ1) is 9.65. The molecule has 5 nitrogen and oxygen atoms in total. The van der Waals surface area contributed by atoms with Crippen LogP contribution in [0.4, 0.5) is 0 Å². The Morgan fingerprint density at radius 2 is 2.00 bits per heavy atom. The lowest BCUT2D eigenvalue weighted by Crippen LogP contribution is -2.31. The van der Waals surface area contributed by atoms with Crippen molar-refractivity contribution in [2.24, 2.45) is 0 Å². The van der Waals surface area contributed by atoms with Gasteiger partial charge >= 0.3 is 11.9 Å². The van der Waals surface area contributed by atoms with Gasteiger partial charge in [0.1, 0.15) is 6.61 Å². The standard InChI is InChI=1S/C15H20O5/c1-3-14(16)19-11-13(20-15(17)4-2)10-18-12-8-6-5-7-9-12/h3-4,6,8,12-13H,1-2,5,7,9-11H2. The van der Waals surface area contributed by atoms with E-state index in [1.165, 1.54) is 0 Å². The summed E-state index contributed by atoms with van der Waals surface area (Å²) in [5.41, 5.74) is 0.